The minimum absolute atomic E-state index is 0.0737. The number of thioether (sulfide) groups is 1. The molecule has 120 valence electrons. The van der Waals surface area contributed by atoms with E-state index in [0.29, 0.717) is 0 Å². The fraction of sp³-hybridized carbons (Fsp3) is 0.500. The van der Waals surface area contributed by atoms with Gasteiger partial charge in [-0.2, -0.15) is 0 Å². The van der Waals surface area contributed by atoms with Gasteiger partial charge in [-0.05, 0) is 50.6 Å². The van der Waals surface area contributed by atoms with Crippen molar-refractivity contribution in [3.05, 3.63) is 24.3 Å². The Labute approximate surface area is 135 Å². The van der Waals surface area contributed by atoms with Crippen LogP contribution in [0.2, 0.25) is 0 Å². The number of rotatable bonds is 5. The SMILES string of the molecule is CC(=O)Nc1ccc(SC(C)C(=O)NC2CCCNC2)cc1. The molecule has 1 heterocycles. The fourth-order valence-corrected chi connectivity index (χ4v) is 3.25. The number of amides is 2. The molecule has 1 aromatic carbocycles. The van der Waals surface area contributed by atoms with E-state index in [4.69, 9.17) is 0 Å². The van der Waals surface area contributed by atoms with E-state index in [2.05, 4.69) is 16.0 Å². The van der Waals surface area contributed by atoms with Crippen molar-refractivity contribution in [2.45, 2.75) is 42.9 Å². The molecule has 1 aliphatic rings. The van der Waals surface area contributed by atoms with Gasteiger partial charge in [0.05, 0.1) is 5.25 Å². The van der Waals surface area contributed by atoms with Crippen molar-refractivity contribution in [1.82, 2.24) is 10.6 Å². The van der Waals surface area contributed by atoms with Crippen LogP contribution in [0.3, 0.4) is 0 Å². The number of benzene rings is 1. The summed E-state index contributed by atoms with van der Waals surface area (Å²) in [7, 11) is 0. The summed E-state index contributed by atoms with van der Waals surface area (Å²) in [6, 6.07) is 7.77. The number of hydrogen-bond acceptors (Lipinski definition) is 4. The predicted molar refractivity (Wildman–Crippen MR) is 90.1 cm³/mol. The fourth-order valence-electron chi connectivity index (χ4n) is 2.37. The molecular formula is C16H23N3O2S. The van der Waals surface area contributed by atoms with Crippen molar-refractivity contribution in [3.63, 3.8) is 0 Å². The van der Waals surface area contributed by atoms with Gasteiger partial charge in [0.15, 0.2) is 0 Å². The number of anilines is 1. The highest BCUT2D eigenvalue weighted by atomic mass is 32.2. The third-order valence-electron chi connectivity index (χ3n) is 3.50. The van der Waals surface area contributed by atoms with Crippen LogP contribution in [-0.4, -0.2) is 36.2 Å². The lowest BCUT2D eigenvalue weighted by atomic mass is 10.1. The summed E-state index contributed by atoms with van der Waals surface area (Å²) in [5.41, 5.74) is 0.766. The zero-order chi connectivity index (χ0) is 15.9. The molecule has 0 radical (unpaired) electrons. The number of carbonyl (C=O) groups is 2. The Bertz CT molecular complexity index is 513. The quantitative estimate of drug-likeness (QED) is 0.726. The van der Waals surface area contributed by atoms with E-state index in [0.717, 1.165) is 36.5 Å². The molecule has 2 rings (SSSR count). The molecule has 1 saturated heterocycles. The van der Waals surface area contributed by atoms with Gasteiger partial charge in [-0.25, -0.2) is 0 Å². The second-order valence-corrected chi connectivity index (χ2v) is 6.93. The van der Waals surface area contributed by atoms with E-state index in [1.165, 1.54) is 18.7 Å². The first-order valence-electron chi connectivity index (χ1n) is 7.60. The standard InChI is InChI=1S/C16H23N3O2S/c1-11(16(21)19-14-4-3-9-17-10-14)22-15-7-5-13(6-8-15)18-12(2)20/h5-8,11,14,17H,3-4,9-10H2,1-2H3,(H,18,20)(H,19,21). The summed E-state index contributed by atoms with van der Waals surface area (Å²) < 4.78 is 0. The number of piperidine rings is 1. The van der Waals surface area contributed by atoms with Crippen LogP contribution in [0.25, 0.3) is 0 Å². The first kappa shape index (κ1) is 16.8. The van der Waals surface area contributed by atoms with E-state index in [-0.39, 0.29) is 23.1 Å². The van der Waals surface area contributed by atoms with E-state index in [1.807, 2.05) is 31.2 Å². The second kappa shape index (κ2) is 8.19. The monoisotopic (exact) mass is 321 g/mol. The minimum atomic E-state index is -0.145. The normalized spacial score (nSPS) is 19.3. The molecule has 1 aliphatic heterocycles. The zero-order valence-corrected chi connectivity index (χ0v) is 13.8. The van der Waals surface area contributed by atoms with Gasteiger partial charge in [0.2, 0.25) is 11.8 Å². The molecule has 6 heteroatoms. The van der Waals surface area contributed by atoms with Crippen molar-refractivity contribution in [2.24, 2.45) is 0 Å². The van der Waals surface area contributed by atoms with Crippen LogP contribution in [0.15, 0.2) is 29.2 Å². The van der Waals surface area contributed by atoms with Gasteiger partial charge in [-0.15, -0.1) is 11.8 Å². The lowest BCUT2D eigenvalue weighted by Crippen LogP contribution is -2.47. The predicted octanol–water partition coefficient (Wildman–Crippen LogP) is 1.99. The van der Waals surface area contributed by atoms with Crippen LogP contribution in [0.5, 0.6) is 0 Å². The van der Waals surface area contributed by atoms with E-state index in [9.17, 15) is 9.59 Å². The van der Waals surface area contributed by atoms with Crippen molar-refractivity contribution < 1.29 is 9.59 Å². The Morgan fingerprint density at radius 3 is 2.64 bits per heavy atom. The van der Waals surface area contributed by atoms with Crippen LogP contribution in [-0.2, 0) is 9.59 Å². The van der Waals surface area contributed by atoms with E-state index >= 15 is 0 Å². The third kappa shape index (κ3) is 5.35. The zero-order valence-electron chi connectivity index (χ0n) is 13.0. The van der Waals surface area contributed by atoms with Gasteiger partial charge in [0, 0.05) is 30.1 Å². The third-order valence-corrected chi connectivity index (χ3v) is 4.61. The molecule has 0 spiro atoms. The molecule has 2 atom stereocenters. The van der Waals surface area contributed by atoms with Crippen LogP contribution >= 0.6 is 11.8 Å². The van der Waals surface area contributed by atoms with Crippen LogP contribution in [0.4, 0.5) is 5.69 Å². The van der Waals surface area contributed by atoms with E-state index < -0.39 is 0 Å². The van der Waals surface area contributed by atoms with Crippen molar-refractivity contribution in [3.8, 4) is 0 Å². The van der Waals surface area contributed by atoms with Crippen molar-refractivity contribution >= 4 is 29.3 Å². The van der Waals surface area contributed by atoms with Gasteiger partial charge in [-0.1, -0.05) is 0 Å². The smallest absolute Gasteiger partial charge is 0.233 e. The maximum atomic E-state index is 12.2. The average Bonchev–Trinajstić information content (AvgIpc) is 2.49. The van der Waals surface area contributed by atoms with Crippen molar-refractivity contribution in [2.75, 3.05) is 18.4 Å². The number of hydrogen-bond donors (Lipinski definition) is 3. The number of carbonyl (C=O) groups excluding carboxylic acids is 2. The Kier molecular flexibility index (Phi) is 6.27. The molecule has 22 heavy (non-hydrogen) atoms. The maximum Gasteiger partial charge on any atom is 0.233 e. The lowest BCUT2D eigenvalue weighted by molar-refractivity contribution is -0.121. The molecule has 1 aromatic rings. The molecule has 1 fully saturated rings. The summed E-state index contributed by atoms with van der Waals surface area (Å²) in [4.78, 5) is 24.2. The highest BCUT2D eigenvalue weighted by Gasteiger charge is 2.20. The molecule has 0 bridgehead atoms. The van der Waals surface area contributed by atoms with Crippen LogP contribution in [0.1, 0.15) is 26.7 Å². The van der Waals surface area contributed by atoms with Gasteiger partial charge < -0.3 is 16.0 Å². The minimum Gasteiger partial charge on any atom is -0.351 e. The highest BCUT2D eigenvalue weighted by Crippen LogP contribution is 2.25. The van der Waals surface area contributed by atoms with Crippen LogP contribution in [0, 0.1) is 0 Å². The number of nitrogens with one attached hydrogen (secondary N) is 3. The lowest BCUT2D eigenvalue weighted by Gasteiger charge is -2.25. The topological polar surface area (TPSA) is 70.2 Å². The average molecular weight is 321 g/mol. The van der Waals surface area contributed by atoms with Gasteiger partial charge >= 0.3 is 0 Å². The molecule has 0 aliphatic carbocycles. The highest BCUT2D eigenvalue weighted by molar-refractivity contribution is 8.00. The van der Waals surface area contributed by atoms with Crippen molar-refractivity contribution in [1.29, 1.82) is 0 Å². The summed E-state index contributed by atoms with van der Waals surface area (Å²) in [6.45, 7) is 5.29. The molecule has 2 amide bonds. The van der Waals surface area contributed by atoms with E-state index in [1.54, 1.807) is 0 Å². The first-order valence-corrected chi connectivity index (χ1v) is 8.48. The largest absolute Gasteiger partial charge is 0.351 e. The molecule has 3 N–H and O–H groups in total. The maximum absolute atomic E-state index is 12.2. The molecule has 5 nitrogen and oxygen atoms in total. The Morgan fingerprint density at radius 2 is 2.05 bits per heavy atom. The summed E-state index contributed by atoms with van der Waals surface area (Å²) in [5.74, 6) is -0.0149. The Hall–Kier alpha value is -1.53. The van der Waals surface area contributed by atoms with Gasteiger partial charge in [0.1, 0.15) is 0 Å². The van der Waals surface area contributed by atoms with Gasteiger partial charge in [0.25, 0.3) is 0 Å². The van der Waals surface area contributed by atoms with Gasteiger partial charge in [-0.3, -0.25) is 9.59 Å². The second-order valence-electron chi connectivity index (χ2n) is 5.52. The molecule has 0 saturated carbocycles. The summed E-state index contributed by atoms with van der Waals surface area (Å²) in [6.07, 6.45) is 2.15. The Balaban J connectivity index is 1.83. The first-order chi connectivity index (χ1) is 10.5. The van der Waals surface area contributed by atoms with Crippen LogP contribution < -0.4 is 16.0 Å². The summed E-state index contributed by atoms with van der Waals surface area (Å²) in [5, 5.41) is 8.97. The summed E-state index contributed by atoms with van der Waals surface area (Å²) >= 11 is 1.52. The molecular weight excluding hydrogens is 298 g/mol. The molecule has 2 unspecified atom stereocenters. The Morgan fingerprint density at radius 1 is 1.32 bits per heavy atom. The molecule has 0 aromatic heterocycles.